The fourth-order valence-corrected chi connectivity index (χ4v) is 1.53. The van der Waals surface area contributed by atoms with Gasteiger partial charge in [-0.3, -0.25) is 4.68 Å². The zero-order valence-corrected chi connectivity index (χ0v) is 9.45. The van der Waals surface area contributed by atoms with E-state index in [9.17, 15) is 4.39 Å². The van der Waals surface area contributed by atoms with Gasteiger partial charge in [0.15, 0.2) is 0 Å². The van der Waals surface area contributed by atoms with Gasteiger partial charge >= 0.3 is 0 Å². The Morgan fingerprint density at radius 1 is 1.50 bits per heavy atom. The minimum atomic E-state index is -0.401. The first-order valence-corrected chi connectivity index (χ1v) is 5.25. The number of nitrogens with zero attached hydrogens (tertiary/aromatic N) is 4. The molecule has 6 heteroatoms. The van der Waals surface area contributed by atoms with Gasteiger partial charge in [0.1, 0.15) is 11.0 Å². The molecule has 0 saturated carbocycles. The summed E-state index contributed by atoms with van der Waals surface area (Å²) < 4.78 is 14.7. The molecule has 84 valence electrons. The van der Waals surface area contributed by atoms with Crippen molar-refractivity contribution in [3.63, 3.8) is 0 Å². The molecule has 0 atom stereocenters. The van der Waals surface area contributed by atoms with E-state index in [2.05, 4.69) is 15.3 Å². The fourth-order valence-electron chi connectivity index (χ4n) is 1.36. The van der Waals surface area contributed by atoms with Crippen molar-refractivity contribution >= 4 is 11.6 Å². The van der Waals surface area contributed by atoms with E-state index >= 15 is 0 Å². The molecule has 2 heterocycles. The first kappa shape index (κ1) is 11.0. The first-order chi connectivity index (χ1) is 7.69. The Morgan fingerprint density at radius 3 is 3.00 bits per heavy atom. The number of pyridine rings is 1. The van der Waals surface area contributed by atoms with Crippen LogP contribution in [0.25, 0.3) is 0 Å². The topological polar surface area (TPSA) is 43.6 Å². The quantitative estimate of drug-likeness (QED) is 0.772. The van der Waals surface area contributed by atoms with E-state index in [-0.39, 0.29) is 0 Å². The standard InChI is InChI=1S/C10H10ClFN4/c1-2-16-6-9(14-15-16)4-7-3-8(12)5-13-10(7)11/h3,5-6H,2,4H2,1H3. The maximum Gasteiger partial charge on any atom is 0.141 e. The highest BCUT2D eigenvalue weighted by Gasteiger charge is 2.07. The van der Waals surface area contributed by atoms with Crippen LogP contribution < -0.4 is 0 Å². The highest BCUT2D eigenvalue weighted by Crippen LogP contribution is 2.16. The Kier molecular flexibility index (Phi) is 3.14. The highest BCUT2D eigenvalue weighted by atomic mass is 35.5. The number of hydrogen-bond donors (Lipinski definition) is 0. The van der Waals surface area contributed by atoms with Gasteiger partial charge in [-0.1, -0.05) is 16.8 Å². The smallest absolute Gasteiger partial charge is 0.141 e. The van der Waals surface area contributed by atoms with Crippen molar-refractivity contribution in [3.8, 4) is 0 Å². The molecule has 2 rings (SSSR count). The SMILES string of the molecule is CCn1cc(Cc2cc(F)cnc2Cl)nn1. The second-order valence-corrected chi connectivity index (χ2v) is 3.70. The van der Waals surface area contributed by atoms with Crippen molar-refractivity contribution in [2.45, 2.75) is 19.9 Å². The summed E-state index contributed by atoms with van der Waals surface area (Å²) in [4.78, 5) is 3.74. The Bertz CT molecular complexity index is 497. The highest BCUT2D eigenvalue weighted by molar-refractivity contribution is 6.30. The summed E-state index contributed by atoms with van der Waals surface area (Å²) in [5.74, 6) is -0.401. The zero-order valence-electron chi connectivity index (χ0n) is 8.69. The monoisotopic (exact) mass is 240 g/mol. The van der Waals surface area contributed by atoms with Gasteiger partial charge in [-0.05, 0) is 18.6 Å². The maximum atomic E-state index is 13.0. The number of hydrogen-bond acceptors (Lipinski definition) is 3. The lowest BCUT2D eigenvalue weighted by Gasteiger charge is -2.00. The largest absolute Gasteiger partial charge is 0.253 e. The Labute approximate surface area is 97.1 Å². The van der Waals surface area contributed by atoms with Crippen LogP contribution in [-0.4, -0.2) is 20.0 Å². The Morgan fingerprint density at radius 2 is 2.31 bits per heavy atom. The molecule has 0 bridgehead atoms. The summed E-state index contributed by atoms with van der Waals surface area (Å²) >= 11 is 5.85. The van der Waals surface area contributed by atoms with Gasteiger partial charge in [-0.15, -0.1) is 5.10 Å². The van der Waals surface area contributed by atoms with E-state index in [1.54, 1.807) is 10.9 Å². The van der Waals surface area contributed by atoms with Crippen molar-refractivity contribution < 1.29 is 4.39 Å². The van der Waals surface area contributed by atoms with Crippen LogP contribution in [0, 0.1) is 5.82 Å². The molecule has 0 fully saturated rings. The van der Waals surface area contributed by atoms with Crippen LogP contribution in [-0.2, 0) is 13.0 Å². The van der Waals surface area contributed by atoms with Crippen LogP contribution in [0.5, 0.6) is 0 Å². The van der Waals surface area contributed by atoms with Gasteiger partial charge in [0.05, 0.1) is 11.9 Å². The summed E-state index contributed by atoms with van der Waals surface area (Å²) in [6.07, 6.45) is 3.33. The van der Waals surface area contributed by atoms with Crippen LogP contribution in [0.15, 0.2) is 18.5 Å². The van der Waals surface area contributed by atoms with Gasteiger partial charge in [0.2, 0.25) is 0 Å². The fraction of sp³-hybridized carbons (Fsp3) is 0.300. The molecule has 0 aromatic carbocycles. The lowest BCUT2D eigenvalue weighted by molar-refractivity contribution is 0.619. The summed E-state index contributed by atoms with van der Waals surface area (Å²) in [6, 6.07) is 1.36. The van der Waals surface area contributed by atoms with Crippen molar-refractivity contribution in [2.24, 2.45) is 0 Å². The van der Waals surface area contributed by atoms with Gasteiger partial charge in [-0.25, -0.2) is 9.37 Å². The van der Waals surface area contributed by atoms with E-state index in [0.29, 0.717) is 17.1 Å². The van der Waals surface area contributed by atoms with Crippen LogP contribution in [0.4, 0.5) is 4.39 Å². The molecular weight excluding hydrogens is 231 g/mol. The average molecular weight is 241 g/mol. The molecule has 0 saturated heterocycles. The van der Waals surface area contributed by atoms with E-state index in [4.69, 9.17) is 11.6 Å². The van der Waals surface area contributed by atoms with Crippen LogP contribution in [0.3, 0.4) is 0 Å². The van der Waals surface area contributed by atoms with Crippen molar-refractivity contribution in [1.82, 2.24) is 20.0 Å². The molecule has 0 aliphatic carbocycles. The van der Waals surface area contributed by atoms with E-state index in [0.717, 1.165) is 18.4 Å². The third-order valence-electron chi connectivity index (χ3n) is 2.16. The number of rotatable bonds is 3. The zero-order chi connectivity index (χ0) is 11.5. The minimum absolute atomic E-state index is 0.299. The molecule has 2 aromatic rings. The molecule has 0 aliphatic rings. The van der Waals surface area contributed by atoms with Crippen molar-refractivity contribution in [2.75, 3.05) is 0 Å². The summed E-state index contributed by atoms with van der Waals surface area (Å²) in [5, 5.41) is 8.15. The van der Waals surface area contributed by atoms with Crippen molar-refractivity contribution in [1.29, 1.82) is 0 Å². The molecule has 0 N–H and O–H groups in total. The first-order valence-electron chi connectivity index (χ1n) is 4.88. The van der Waals surface area contributed by atoms with Gasteiger partial charge in [0.25, 0.3) is 0 Å². The second-order valence-electron chi connectivity index (χ2n) is 3.35. The van der Waals surface area contributed by atoms with Crippen LogP contribution in [0.2, 0.25) is 5.15 Å². The maximum absolute atomic E-state index is 13.0. The molecule has 2 aromatic heterocycles. The average Bonchev–Trinajstić information content (AvgIpc) is 2.71. The second kappa shape index (κ2) is 4.57. The molecule has 16 heavy (non-hydrogen) atoms. The summed E-state index contributed by atoms with van der Waals surface area (Å²) in [5.41, 5.74) is 1.36. The lowest BCUT2D eigenvalue weighted by atomic mass is 10.2. The predicted octanol–water partition coefficient (Wildman–Crippen LogP) is 2.08. The molecular formula is C10H10ClFN4. The van der Waals surface area contributed by atoms with E-state index < -0.39 is 5.82 Å². The normalized spacial score (nSPS) is 10.7. The number of aromatic nitrogens is 4. The third-order valence-corrected chi connectivity index (χ3v) is 2.50. The third kappa shape index (κ3) is 2.36. The van der Waals surface area contributed by atoms with E-state index in [1.807, 2.05) is 6.92 Å². The molecule has 0 amide bonds. The van der Waals surface area contributed by atoms with Crippen molar-refractivity contribution in [3.05, 3.63) is 40.7 Å². The minimum Gasteiger partial charge on any atom is -0.253 e. The van der Waals surface area contributed by atoms with Crippen LogP contribution in [0.1, 0.15) is 18.2 Å². The number of halogens is 2. The molecule has 4 nitrogen and oxygen atoms in total. The molecule has 0 spiro atoms. The predicted molar refractivity (Wildman–Crippen MR) is 57.7 cm³/mol. The van der Waals surface area contributed by atoms with Gasteiger partial charge < -0.3 is 0 Å². The Balaban J connectivity index is 2.22. The summed E-state index contributed by atoms with van der Waals surface area (Å²) in [7, 11) is 0. The Hall–Kier alpha value is -1.49. The lowest BCUT2D eigenvalue weighted by Crippen LogP contribution is -1.94. The van der Waals surface area contributed by atoms with Gasteiger partial charge in [0, 0.05) is 19.2 Å². The molecule has 0 radical (unpaired) electrons. The van der Waals surface area contributed by atoms with Gasteiger partial charge in [-0.2, -0.15) is 0 Å². The molecule has 0 aliphatic heterocycles. The van der Waals surface area contributed by atoms with E-state index in [1.165, 1.54) is 6.07 Å². The van der Waals surface area contributed by atoms with Crippen LogP contribution >= 0.6 is 11.6 Å². The molecule has 0 unspecified atom stereocenters. The summed E-state index contributed by atoms with van der Waals surface area (Å²) in [6.45, 7) is 2.72. The number of aryl methyl sites for hydroxylation is 1.